The first-order valence-corrected chi connectivity index (χ1v) is 4.75. The van der Waals surface area contributed by atoms with Gasteiger partial charge in [0.2, 0.25) is 5.91 Å². The highest BCUT2D eigenvalue weighted by Crippen LogP contribution is 2.36. The van der Waals surface area contributed by atoms with Crippen molar-refractivity contribution in [3.8, 4) is 0 Å². The average Bonchev–Trinajstić information content (AvgIpc) is 1.95. The van der Waals surface area contributed by atoms with Crippen LogP contribution in [0.3, 0.4) is 0 Å². The first kappa shape index (κ1) is 10.5. The molecule has 1 aliphatic rings. The molecule has 1 atom stereocenters. The summed E-state index contributed by atoms with van der Waals surface area (Å²) in [4.78, 5) is 10.8. The van der Waals surface area contributed by atoms with E-state index in [1.165, 1.54) is 0 Å². The van der Waals surface area contributed by atoms with Gasteiger partial charge in [-0.3, -0.25) is 4.79 Å². The molecule has 3 nitrogen and oxygen atoms in total. The molecule has 0 radical (unpaired) electrons. The second kappa shape index (κ2) is 3.29. The van der Waals surface area contributed by atoms with Crippen LogP contribution in [0.25, 0.3) is 0 Å². The van der Waals surface area contributed by atoms with E-state index in [2.05, 4.69) is 13.8 Å². The van der Waals surface area contributed by atoms with Crippen molar-refractivity contribution in [1.82, 2.24) is 0 Å². The molecule has 1 heterocycles. The fourth-order valence-corrected chi connectivity index (χ4v) is 1.62. The lowest BCUT2D eigenvalue weighted by Crippen LogP contribution is -2.42. The van der Waals surface area contributed by atoms with Crippen molar-refractivity contribution in [3.05, 3.63) is 0 Å². The van der Waals surface area contributed by atoms with Crippen LogP contribution in [0.2, 0.25) is 0 Å². The van der Waals surface area contributed by atoms with E-state index in [1.807, 2.05) is 6.92 Å². The third-order valence-electron chi connectivity index (χ3n) is 2.69. The molecule has 0 aromatic heterocycles. The molecule has 1 aliphatic heterocycles. The Morgan fingerprint density at radius 1 is 1.38 bits per heavy atom. The van der Waals surface area contributed by atoms with Gasteiger partial charge in [0, 0.05) is 0 Å². The van der Waals surface area contributed by atoms with Crippen LogP contribution in [0, 0.1) is 5.41 Å². The fraction of sp³-hybridized carbons (Fsp3) is 0.900. The van der Waals surface area contributed by atoms with E-state index < -0.39 is 0 Å². The Kier molecular flexibility index (Phi) is 2.66. The summed E-state index contributed by atoms with van der Waals surface area (Å²) >= 11 is 0. The largest absolute Gasteiger partial charge is 0.374 e. The first-order valence-electron chi connectivity index (χ1n) is 4.75. The summed E-state index contributed by atoms with van der Waals surface area (Å²) in [7, 11) is 0. The highest BCUT2D eigenvalue weighted by Gasteiger charge is 2.36. The lowest BCUT2D eigenvalue weighted by molar-refractivity contribution is -0.139. The minimum Gasteiger partial charge on any atom is -0.374 e. The summed E-state index contributed by atoms with van der Waals surface area (Å²) < 4.78 is 5.69. The number of carbonyl (C=O) groups is 1. The van der Waals surface area contributed by atoms with Crippen molar-refractivity contribution in [2.75, 3.05) is 6.61 Å². The van der Waals surface area contributed by atoms with E-state index in [4.69, 9.17) is 10.5 Å². The van der Waals surface area contributed by atoms with Crippen LogP contribution >= 0.6 is 0 Å². The van der Waals surface area contributed by atoms with Gasteiger partial charge in [-0.15, -0.1) is 0 Å². The second-order valence-electron chi connectivity index (χ2n) is 5.05. The predicted octanol–water partition coefficient (Wildman–Crippen LogP) is 1.46. The monoisotopic (exact) mass is 185 g/mol. The van der Waals surface area contributed by atoms with Gasteiger partial charge in [0.25, 0.3) is 0 Å². The highest BCUT2D eigenvalue weighted by atomic mass is 16.5. The molecule has 0 aliphatic carbocycles. The molecule has 0 aromatic rings. The van der Waals surface area contributed by atoms with Gasteiger partial charge < -0.3 is 10.5 Å². The van der Waals surface area contributed by atoms with Gasteiger partial charge in [-0.05, 0) is 25.2 Å². The summed E-state index contributed by atoms with van der Waals surface area (Å²) in [6, 6.07) is 0. The third-order valence-corrected chi connectivity index (χ3v) is 2.69. The molecule has 1 amide bonds. The molecule has 3 heteroatoms. The maximum atomic E-state index is 10.8. The lowest BCUT2D eigenvalue weighted by Gasteiger charge is -2.41. The van der Waals surface area contributed by atoms with Crippen LogP contribution in [-0.4, -0.2) is 18.1 Å². The normalized spacial score (nSPS) is 32.8. The first-order chi connectivity index (χ1) is 5.83. The van der Waals surface area contributed by atoms with Gasteiger partial charge in [0.1, 0.15) is 0 Å². The van der Waals surface area contributed by atoms with Crippen LogP contribution < -0.4 is 5.73 Å². The van der Waals surface area contributed by atoms with Crippen molar-refractivity contribution < 1.29 is 9.53 Å². The Labute approximate surface area is 79.6 Å². The van der Waals surface area contributed by atoms with E-state index in [0.717, 1.165) is 19.4 Å². The number of primary amides is 1. The van der Waals surface area contributed by atoms with E-state index in [-0.39, 0.29) is 16.9 Å². The summed E-state index contributed by atoms with van der Waals surface area (Å²) in [5.74, 6) is -0.276. The van der Waals surface area contributed by atoms with Gasteiger partial charge in [-0.1, -0.05) is 13.8 Å². The lowest BCUT2D eigenvalue weighted by atomic mass is 9.80. The minimum atomic E-state index is -0.318. The number of carbonyl (C=O) groups excluding carboxylic acids is 1. The van der Waals surface area contributed by atoms with Crippen molar-refractivity contribution >= 4 is 5.91 Å². The van der Waals surface area contributed by atoms with E-state index >= 15 is 0 Å². The third kappa shape index (κ3) is 2.99. The molecule has 0 aromatic carbocycles. The number of rotatable bonds is 2. The van der Waals surface area contributed by atoms with Crippen LogP contribution in [-0.2, 0) is 9.53 Å². The van der Waals surface area contributed by atoms with Crippen LogP contribution in [0.15, 0.2) is 0 Å². The van der Waals surface area contributed by atoms with E-state index in [0.29, 0.717) is 6.42 Å². The molecule has 1 rings (SSSR count). The topological polar surface area (TPSA) is 52.3 Å². The Balaban J connectivity index is 2.51. The molecule has 1 saturated heterocycles. The molecule has 76 valence electrons. The Bertz CT molecular complexity index is 201. The smallest absolute Gasteiger partial charge is 0.220 e. The minimum absolute atomic E-state index is 0.247. The maximum Gasteiger partial charge on any atom is 0.220 e. The number of ether oxygens (including phenoxy) is 1. The molecule has 1 unspecified atom stereocenters. The Morgan fingerprint density at radius 2 is 2.00 bits per heavy atom. The quantitative estimate of drug-likeness (QED) is 0.708. The van der Waals surface area contributed by atoms with Gasteiger partial charge in [-0.2, -0.15) is 0 Å². The van der Waals surface area contributed by atoms with Gasteiger partial charge >= 0.3 is 0 Å². The van der Waals surface area contributed by atoms with Crippen LogP contribution in [0.5, 0.6) is 0 Å². The number of nitrogens with two attached hydrogens (primary N) is 1. The Hall–Kier alpha value is -0.570. The van der Waals surface area contributed by atoms with Crippen molar-refractivity contribution in [1.29, 1.82) is 0 Å². The highest BCUT2D eigenvalue weighted by molar-refractivity contribution is 5.74. The summed E-state index contributed by atoms with van der Waals surface area (Å²) in [5, 5.41) is 0. The molecule has 0 bridgehead atoms. The zero-order valence-corrected chi connectivity index (χ0v) is 8.72. The molecule has 0 saturated carbocycles. The van der Waals surface area contributed by atoms with Crippen molar-refractivity contribution in [2.24, 2.45) is 11.1 Å². The van der Waals surface area contributed by atoms with E-state index in [9.17, 15) is 4.79 Å². The van der Waals surface area contributed by atoms with Crippen molar-refractivity contribution in [3.63, 3.8) is 0 Å². The fourth-order valence-electron chi connectivity index (χ4n) is 1.62. The van der Waals surface area contributed by atoms with Crippen molar-refractivity contribution in [2.45, 2.75) is 45.6 Å². The standard InChI is InChI=1S/C10H19NO2/c1-9(2)4-5-10(3,13-7-9)6-8(11)12/h4-7H2,1-3H3,(H2,11,12). The van der Waals surface area contributed by atoms with Crippen LogP contribution in [0.1, 0.15) is 40.0 Å². The van der Waals surface area contributed by atoms with Gasteiger partial charge in [0.05, 0.1) is 18.6 Å². The average molecular weight is 185 g/mol. The van der Waals surface area contributed by atoms with E-state index in [1.54, 1.807) is 0 Å². The zero-order chi connectivity index (χ0) is 10.1. The molecular formula is C10H19NO2. The molecule has 1 fully saturated rings. The number of hydrogen-bond acceptors (Lipinski definition) is 2. The summed E-state index contributed by atoms with van der Waals surface area (Å²) in [6.07, 6.45) is 2.35. The van der Waals surface area contributed by atoms with Gasteiger partial charge in [-0.25, -0.2) is 0 Å². The SMILES string of the molecule is CC1(C)CCC(C)(CC(N)=O)OC1. The predicted molar refractivity (Wildman–Crippen MR) is 51.2 cm³/mol. The number of hydrogen-bond donors (Lipinski definition) is 1. The number of amides is 1. The van der Waals surface area contributed by atoms with Gasteiger partial charge in [0.15, 0.2) is 0 Å². The summed E-state index contributed by atoms with van der Waals surface area (Å²) in [5.41, 5.74) is 5.09. The Morgan fingerprint density at radius 3 is 2.38 bits per heavy atom. The molecular weight excluding hydrogens is 166 g/mol. The van der Waals surface area contributed by atoms with Crippen LogP contribution in [0.4, 0.5) is 0 Å². The zero-order valence-electron chi connectivity index (χ0n) is 8.72. The summed E-state index contributed by atoms with van der Waals surface area (Å²) in [6.45, 7) is 7.04. The molecule has 2 N–H and O–H groups in total. The maximum absolute atomic E-state index is 10.8. The second-order valence-corrected chi connectivity index (χ2v) is 5.05. The molecule has 13 heavy (non-hydrogen) atoms. The molecule has 0 spiro atoms.